The average molecular weight is 223 g/mol. The third-order valence-electron chi connectivity index (χ3n) is 2.28. The maximum atomic E-state index is 13.0. The van der Waals surface area contributed by atoms with Crippen LogP contribution in [-0.2, 0) is 4.79 Å². The number of rotatable bonds is 4. The van der Waals surface area contributed by atoms with E-state index in [1.807, 2.05) is 0 Å². The Balaban J connectivity index is 2.95. The molecule has 1 unspecified atom stereocenters. The van der Waals surface area contributed by atoms with Crippen LogP contribution in [0.3, 0.4) is 0 Å². The Morgan fingerprint density at radius 2 is 2.25 bits per heavy atom. The molecule has 0 radical (unpaired) electrons. The van der Waals surface area contributed by atoms with Crippen LogP contribution in [0.2, 0.25) is 0 Å². The summed E-state index contributed by atoms with van der Waals surface area (Å²) >= 11 is 0. The topological polar surface area (TPSA) is 49.3 Å². The lowest BCUT2D eigenvalue weighted by molar-refractivity contribution is -0.131. The molecule has 16 heavy (non-hydrogen) atoms. The summed E-state index contributed by atoms with van der Waals surface area (Å²) < 4.78 is 13.0. The zero-order valence-electron chi connectivity index (χ0n) is 9.20. The van der Waals surface area contributed by atoms with Crippen LogP contribution in [0.15, 0.2) is 30.4 Å². The SMILES string of the molecule is CNC(/C=C/C(=O)O)c1ccc(F)c(C)c1. The van der Waals surface area contributed by atoms with Gasteiger partial charge in [0.25, 0.3) is 0 Å². The van der Waals surface area contributed by atoms with Gasteiger partial charge in [-0.1, -0.05) is 18.2 Å². The number of hydrogen-bond acceptors (Lipinski definition) is 2. The summed E-state index contributed by atoms with van der Waals surface area (Å²) in [5, 5.41) is 11.5. The number of aliphatic carboxylic acids is 1. The molecule has 0 heterocycles. The molecule has 1 aromatic rings. The molecule has 0 bridgehead atoms. The van der Waals surface area contributed by atoms with Gasteiger partial charge in [0, 0.05) is 6.08 Å². The van der Waals surface area contributed by atoms with Crippen LogP contribution in [0.1, 0.15) is 17.2 Å². The van der Waals surface area contributed by atoms with Gasteiger partial charge in [-0.25, -0.2) is 9.18 Å². The van der Waals surface area contributed by atoms with E-state index in [1.54, 1.807) is 26.1 Å². The normalized spacial score (nSPS) is 12.9. The van der Waals surface area contributed by atoms with Crippen molar-refractivity contribution in [3.05, 3.63) is 47.3 Å². The zero-order valence-corrected chi connectivity index (χ0v) is 9.20. The van der Waals surface area contributed by atoms with Gasteiger partial charge in [0.05, 0.1) is 6.04 Å². The lowest BCUT2D eigenvalue weighted by Gasteiger charge is -2.12. The molecule has 0 aliphatic heterocycles. The van der Waals surface area contributed by atoms with Crippen LogP contribution in [0, 0.1) is 12.7 Å². The highest BCUT2D eigenvalue weighted by Crippen LogP contribution is 2.17. The molecule has 0 fully saturated rings. The Kier molecular flexibility index (Phi) is 4.19. The van der Waals surface area contributed by atoms with E-state index in [-0.39, 0.29) is 11.9 Å². The third-order valence-corrected chi connectivity index (χ3v) is 2.28. The second-order valence-corrected chi connectivity index (χ2v) is 3.47. The maximum absolute atomic E-state index is 13.0. The number of carboxylic acids is 1. The highest BCUT2D eigenvalue weighted by atomic mass is 19.1. The summed E-state index contributed by atoms with van der Waals surface area (Å²) in [5.41, 5.74) is 1.38. The van der Waals surface area contributed by atoms with Crippen LogP contribution < -0.4 is 5.32 Å². The summed E-state index contributed by atoms with van der Waals surface area (Å²) in [6.45, 7) is 1.67. The summed E-state index contributed by atoms with van der Waals surface area (Å²) in [4.78, 5) is 10.4. The number of likely N-dealkylation sites (N-methyl/N-ethyl adjacent to an activating group) is 1. The van der Waals surface area contributed by atoms with Crippen molar-refractivity contribution in [2.45, 2.75) is 13.0 Å². The predicted molar refractivity (Wildman–Crippen MR) is 59.7 cm³/mol. The molecular formula is C12H14FNO2. The first-order valence-electron chi connectivity index (χ1n) is 4.89. The molecule has 0 aliphatic carbocycles. The molecule has 0 saturated carbocycles. The largest absolute Gasteiger partial charge is 0.478 e. The molecule has 0 saturated heterocycles. The van der Waals surface area contributed by atoms with Crippen LogP contribution >= 0.6 is 0 Å². The summed E-state index contributed by atoms with van der Waals surface area (Å²) in [5.74, 6) is -1.26. The third kappa shape index (κ3) is 3.17. The van der Waals surface area contributed by atoms with Crippen molar-refractivity contribution in [3.63, 3.8) is 0 Å². The lowest BCUT2D eigenvalue weighted by atomic mass is 10.0. The van der Waals surface area contributed by atoms with Crippen molar-refractivity contribution < 1.29 is 14.3 Å². The first-order chi connectivity index (χ1) is 7.54. The van der Waals surface area contributed by atoms with Crippen LogP contribution in [0.4, 0.5) is 4.39 Å². The molecule has 0 aromatic heterocycles. The molecular weight excluding hydrogens is 209 g/mol. The fourth-order valence-corrected chi connectivity index (χ4v) is 1.41. The van der Waals surface area contributed by atoms with Crippen molar-refractivity contribution in [2.24, 2.45) is 0 Å². The highest BCUT2D eigenvalue weighted by Gasteiger charge is 2.07. The minimum atomic E-state index is -1.00. The van der Waals surface area contributed by atoms with E-state index in [2.05, 4.69) is 5.32 Å². The van der Waals surface area contributed by atoms with E-state index in [1.165, 1.54) is 12.1 Å². The predicted octanol–water partition coefficient (Wildman–Crippen LogP) is 2.04. The Morgan fingerprint density at radius 1 is 1.56 bits per heavy atom. The lowest BCUT2D eigenvalue weighted by Crippen LogP contribution is -2.14. The number of halogens is 1. The van der Waals surface area contributed by atoms with Gasteiger partial charge in [-0.3, -0.25) is 0 Å². The summed E-state index contributed by atoms with van der Waals surface area (Å²) in [6, 6.07) is 4.48. The maximum Gasteiger partial charge on any atom is 0.328 e. The average Bonchev–Trinajstić information content (AvgIpc) is 2.23. The fourth-order valence-electron chi connectivity index (χ4n) is 1.41. The molecule has 1 atom stereocenters. The van der Waals surface area contributed by atoms with Crippen LogP contribution in [0.25, 0.3) is 0 Å². The Hall–Kier alpha value is -1.68. The molecule has 1 aromatic carbocycles. The van der Waals surface area contributed by atoms with E-state index in [9.17, 15) is 9.18 Å². The Bertz CT molecular complexity index is 415. The molecule has 2 N–H and O–H groups in total. The van der Waals surface area contributed by atoms with Crippen LogP contribution in [-0.4, -0.2) is 18.1 Å². The van der Waals surface area contributed by atoms with Crippen molar-refractivity contribution in [1.82, 2.24) is 5.32 Å². The van der Waals surface area contributed by atoms with Crippen molar-refractivity contribution in [2.75, 3.05) is 7.05 Å². The van der Waals surface area contributed by atoms with Gasteiger partial charge in [0.2, 0.25) is 0 Å². The van der Waals surface area contributed by atoms with Gasteiger partial charge in [0.1, 0.15) is 5.82 Å². The summed E-state index contributed by atoms with van der Waals surface area (Å²) in [6.07, 6.45) is 2.59. The Labute approximate surface area is 93.6 Å². The van der Waals surface area contributed by atoms with E-state index in [0.717, 1.165) is 11.6 Å². The standard InChI is InChI=1S/C12H14FNO2/c1-8-7-9(3-4-10(8)13)11(14-2)5-6-12(15)16/h3-7,11,14H,1-2H3,(H,15,16)/b6-5+. The number of carboxylic acid groups (broad SMARTS) is 1. The van der Waals surface area contributed by atoms with Gasteiger partial charge in [-0.15, -0.1) is 0 Å². The van der Waals surface area contributed by atoms with Crippen molar-refractivity contribution in [1.29, 1.82) is 0 Å². The number of hydrogen-bond donors (Lipinski definition) is 2. The quantitative estimate of drug-likeness (QED) is 0.768. The van der Waals surface area contributed by atoms with Gasteiger partial charge in [-0.2, -0.15) is 0 Å². The molecule has 0 spiro atoms. The van der Waals surface area contributed by atoms with Crippen molar-refractivity contribution in [3.8, 4) is 0 Å². The van der Waals surface area contributed by atoms with Crippen molar-refractivity contribution >= 4 is 5.97 Å². The molecule has 1 rings (SSSR count). The molecule has 4 heteroatoms. The highest BCUT2D eigenvalue weighted by molar-refractivity contribution is 5.79. The van der Waals surface area contributed by atoms with E-state index < -0.39 is 5.97 Å². The zero-order chi connectivity index (χ0) is 12.1. The number of carbonyl (C=O) groups is 1. The van der Waals surface area contributed by atoms with Gasteiger partial charge in [-0.05, 0) is 31.2 Å². The second-order valence-electron chi connectivity index (χ2n) is 3.47. The monoisotopic (exact) mass is 223 g/mol. The second kappa shape index (κ2) is 5.42. The Morgan fingerprint density at radius 3 is 2.75 bits per heavy atom. The molecule has 0 amide bonds. The molecule has 0 aliphatic rings. The summed E-state index contributed by atoms with van der Waals surface area (Å²) in [7, 11) is 1.72. The van der Waals surface area contributed by atoms with Gasteiger partial charge in [0.15, 0.2) is 0 Å². The number of benzene rings is 1. The first-order valence-corrected chi connectivity index (χ1v) is 4.89. The minimum absolute atomic E-state index is 0.226. The molecule has 3 nitrogen and oxygen atoms in total. The van der Waals surface area contributed by atoms with E-state index in [4.69, 9.17) is 5.11 Å². The molecule has 86 valence electrons. The minimum Gasteiger partial charge on any atom is -0.478 e. The fraction of sp³-hybridized carbons (Fsp3) is 0.250. The van der Waals surface area contributed by atoms with Gasteiger partial charge >= 0.3 is 5.97 Å². The number of aryl methyl sites for hydroxylation is 1. The number of nitrogens with one attached hydrogen (secondary N) is 1. The smallest absolute Gasteiger partial charge is 0.328 e. The first kappa shape index (κ1) is 12.4. The van der Waals surface area contributed by atoms with E-state index in [0.29, 0.717) is 5.56 Å². The van der Waals surface area contributed by atoms with E-state index >= 15 is 0 Å². The van der Waals surface area contributed by atoms with Crippen LogP contribution in [0.5, 0.6) is 0 Å². The van der Waals surface area contributed by atoms with Gasteiger partial charge < -0.3 is 10.4 Å².